The Hall–Kier alpha value is -2.50. The monoisotopic (exact) mass is 407 g/mol. The van der Waals surface area contributed by atoms with E-state index < -0.39 is 0 Å². The second-order valence-electron chi connectivity index (χ2n) is 6.24. The quantitative estimate of drug-likeness (QED) is 0.711. The number of rotatable bonds is 3. The fourth-order valence-electron chi connectivity index (χ4n) is 3.28. The number of hydrogen-bond acceptors (Lipinski definition) is 3. The minimum absolute atomic E-state index is 0.0517. The number of halogens is 1. The summed E-state index contributed by atoms with van der Waals surface area (Å²) in [5, 5.41) is 3.37. The first-order chi connectivity index (χ1) is 12.7. The molecule has 0 radical (unpaired) electrons. The van der Waals surface area contributed by atoms with Crippen molar-refractivity contribution < 1.29 is 4.79 Å². The number of amides is 1. The lowest BCUT2D eigenvalue weighted by molar-refractivity contribution is -0.117. The predicted octanol–water partition coefficient (Wildman–Crippen LogP) is 4.07. The zero-order valence-corrected chi connectivity index (χ0v) is 15.7. The van der Waals surface area contributed by atoms with Crippen LogP contribution in [0.5, 0.6) is 0 Å². The van der Waals surface area contributed by atoms with Gasteiger partial charge < -0.3 is 4.90 Å². The Morgan fingerprint density at radius 1 is 1.08 bits per heavy atom. The van der Waals surface area contributed by atoms with E-state index in [0.717, 1.165) is 27.0 Å². The molecule has 0 aliphatic carbocycles. The van der Waals surface area contributed by atoms with E-state index in [1.165, 1.54) is 0 Å². The minimum Gasteiger partial charge on any atom is -0.307 e. The highest BCUT2D eigenvalue weighted by Crippen LogP contribution is 2.35. The molecule has 0 fully saturated rings. The van der Waals surface area contributed by atoms with Crippen LogP contribution in [-0.2, 0) is 11.3 Å². The van der Waals surface area contributed by atoms with Crippen LogP contribution >= 0.6 is 15.9 Å². The molecule has 130 valence electrons. The molecule has 1 unspecified atom stereocenters. The van der Waals surface area contributed by atoms with Crippen LogP contribution in [0.25, 0.3) is 0 Å². The molecule has 3 aromatic rings. The van der Waals surface area contributed by atoms with Gasteiger partial charge in [-0.1, -0.05) is 52.3 Å². The number of aromatic nitrogens is 1. The molecule has 5 heteroatoms. The SMILES string of the molecule is O=C1CNC(c2ccccn2)c2cc(Br)ccc2N1Cc1ccccc1. The molecule has 1 atom stereocenters. The molecule has 0 saturated carbocycles. The summed E-state index contributed by atoms with van der Waals surface area (Å²) < 4.78 is 0.980. The number of anilines is 1. The van der Waals surface area contributed by atoms with Crippen LogP contribution < -0.4 is 10.2 Å². The van der Waals surface area contributed by atoms with E-state index in [1.54, 1.807) is 6.20 Å². The van der Waals surface area contributed by atoms with Crippen LogP contribution in [0.3, 0.4) is 0 Å². The number of nitrogens with one attached hydrogen (secondary N) is 1. The third-order valence-electron chi connectivity index (χ3n) is 4.52. The number of hydrogen-bond donors (Lipinski definition) is 1. The smallest absolute Gasteiger partial charge is 0.241 e. The number of benzene rings is 2. The summed E-state index contributed by atoms with van der Waals surface area (Å²) in [4.78, 5) is 19.2. The highest BCUT2D eigenvalue weighted by atomic mass is 79.9. The summed E-state index contributed by atoms with van der Waals surface area (Å²) in [7, 11) is 0. The van der Waals surface area contributed by atoms with Crippen LogP contribution in [0, 0.1) is 0 Å². The molecular weight excluding hydrogens is 390 g/mol. The Balaban J connectivity index is 1.80. The summed E-state index contributed by atoms with van der Waals surface area (Å²) in [5.74, 6) is 0.0517. The molecule has 1 N–H and O–H groups in total. The van der Waals surface area contributed by atoms with E-state index in [9.17, 15) is 4.79 Å². The standard InChI is InChI=1S/C21H18BrN3O/c22-16-9-10-19-17(12-16)21(18-8-4-5-11-23-18)24-13-20(26)25(19)14-15-6-2-1-3-7-15/h1-12,21,24H,13-14H2. The first-order valence-corrected chi connectivity index (χ1v) is 9.30. The lowest BCUT2D eigenvalue weighted by atomic mass is 10.0. The van der Waals surface area contributed by atoms with E-state index in [-0.39, 0.29) is 18.5 Å². The summed E-state index contributed by atoms with van der Waals surface area (Å²) in [6.07, 6.45) is 1.78. The topological polar surface area (TPSA) is 45.2 Å². The second-order valence-corrected chi connectivity index (χ2v) is 7.15. The first-order valence-electron chi connectivity index (χ1n) is 8.50. The average molecular weight is 408 g/mol. The van der Waals surface area contributed by atoms with Gasteiger partial charge in [0, 0.05) is 21.9 Å². The maximum atomic E-state index is 12.9. The molecule has 0 bridgehead atoms. The number of nitrogens with zero attached hydrogens (tertiary/aromatic N) is 2. The largest absolute Gasteiger partial charge is 0.307 e. The van der Waals surface area contributed by atoms with Crippen molar-refractivity contribution >= 4 is 27.5 Å². The molecule has 1 aliphatic heterocycles. The molecule has 1 aliphatic rings. The molecule has 1 amide bonds. The first kappa shape index (κ1) is 16.9. The molecule has 1 aromatic heterocycles. The zero-order chi connectivity index (χ0) is 17.9. The molecule has 2 aromatic carbocycles. The molecule has 4 nitrogen and oxygen atoms in total. The molecule has 26 heavy (non-hydrogen) atoms. The van der Waals surface area contributed by atoms with Crippen molar-refractivity contribution in [3.63, 3.8) is 0 Å². The van der Waals surface area contributed by atoms with Crippen LogP contribution in [0.1, 0.15) is 22.9 Å². The number of fused-ring (bicyclic) bond motifs is 1. The zero-order valence-electron chi connectivity index (χ0n) is 14.1. The van der Waals surface area contributed by atoms with Gasteiger partial charge in [-0.25, -0.2) is 0 Å². The third kappa shape index (κ3) is 3.41. The number of carbonyl (C=O) groups excluding carboxylic acids is 1. The summed E-state index contributed by atoms with van der Waals surface area (Å²) >= 11 is 3.57. The van der Waals surface area contributed by atoms with Crippen LogP contribution in [0.4, 0.5) is 5.69 Å². The lowest BCUT2D eigenvalue weighted by Gasteiger charge is -2.24. The Morgan fingerprint density at radius 3 is 2.65 bits per heavy atom. The molecule has 0 saturated heterocycles. The van der Waals surface area contributed by atoms with Crippen molar-refractivity contribution in [2.75, 3.05) is 11.4 Å². The van der Waals surface area contributed by atoms with Crippen molar-refractivity contribution in [3.05, 3.63) is 94.2 Å². The van der Waals surface area contributed by atoms with Crippen LogP contribution in [0.15, 0.2) is 77.4 Å². The van der Waals surface area contributed by atoms with Gasteiger partial charge in [0.15, 0.2) is 0 Å². The maximum Gasteiger partial charge on any atom is 0.241 e. The van der Waals surface area contributed by atoms with Crippen molar-refractivity contribution in [3.8, 4) is 0 Å². The fourth-order valence-corrected chi connectivity index (χ4v) is 3.66. The third-order valence-corrected chi connectivity index (χ3v) is 5.01. The fraction of sp³-hybridized carbons (Fsp3) is 0.143. The highest BCUT2D eigenvalue weighted by Gasteiger charge is 2.29. The van der Waals surface area contributed by atoms with Gasteiger partial charge in [0.25, 0.3) is 0 Å². The van der Waals surface area contributed by atoms with Crippen LogP contribution in [0.2, 0.25) is 0 Å². The van der Waals surface area contributed by atoms with E-state index in [2.05, 4.69) is 32.3 Å². The van der Waals surface area contributed by atoms with Gasteiger partial charge in [0.2, 0.25) is 5.91 Å². The Kier molecular flexibility index (Phi) is 4.82. The van der Waals surface area contributed by atoms with Gasteiger partial charge in [-0.3, -0.25) is 15.1 Å². The van der Waals surface area contributed by atoms with Crippen molar-refractivity contribution in [1.29, 1.82) is 0 Å². The van der Waals surface area contributed by atoms with Gasteiger partial charge in [0.1, 0.15) is 0 Å². The van der Waals surface area contributed by atoms with Crippen LogP contribution in [-0.4, -0.2) is 17.4 Å². The summed E-state index contributed by atoms with van der Waals surface area (Å²) in [6.45, 7) is 0.811. The lowest BCUT2D eigenvalue weighted by Crippen LogP contribution is -2.35. The molecule has 0 spiro atoms. The summed E-state index contributed by atoms with van der Waals surface area (Å²) in [5.41, 5.74) is 3.97. The Bertz CT molecular complexity index is 915. The molecule has 2 heterocycles. The van der Waals surface area contributed by atoms with E-state index >= 15 is 0 Å². The summed E-state index contributed by atoms with van der Waals surface area (Å²) in [6, 6.07) is 21.8. The van der Waals surface area contributed by atoms with Gasteiger partial charge in [-0.05, 0) is 35.9 Å². The second kappa shape index (κ2) is 7.40. The number of pyridine rings is 1. The normalized spacial score (nSPS) is 16.9. The van der Waals surface area contributed by atoms with E-state index in [1.807, 2.05) is 65.6 Å². The van der Waals surface area contributed by atoms with Crippen molar-refractivity contribution in [1.82, 2.24) is 10.3 Å². The highest BCUT2D eigenvalue weighted by molar-refractivity contribution is 9.10. The number of carbonyl (C=O) groups is 1. The molecule has 4 rings (SSSR count). The average Bonchev–Trinajstić information content (AvgIpc) is 2.80. The van der Waals surface area contributed by atoms with Gasteiger partial charge >= 0.3 is 0 Å². The van der Waals surface area contributed by atoms with Crippen molar-refractivity contribution in [2.45, 2.75) is 12.6 Å². The van der Waals surface area contributed by atoms with E-state index in [4.69, 9.17) is 0 Å². The predicted molar refractivity (Wildman–Crippen MR) is 106 cm³/mol. The Morgan fingerprint density at radius 2 is 1.88 bits per heavy atom. The van der Waals surface area contributed by atoms with E-state index in [0.29, 0.717) is 6.54 Å². The van der Waals surface area contributed by atoms with Crippen molar-refractivity contribution in [2.24, 2.45) is 0 Å². The maximum absolute atomic E-state index is 12.9. The Labute approximate surface area is 161 Å². The van der Waals surface area contributed by atoms with Gasteiger partial charge in [0.05, 0.1) is 24.8 Å². The van der Waals surface area contributed by atoms with Gasteiger partial charge in [-0.15, -0.1) is 0 Å². The molecular formula is C21H18BrN3O. The minimum atomic E-state index is -0.131. The van der Waals surface area contributed by atoms with Gasteiger partial charge in [-0.2, -0.15) is 0 Å².